The molecule has 102 valence electrons. The lowest BCUT2D eigenvalue weighted by Gasteiger charge is -2.16. The maximum absolute atomic E-state index is 12.8. The zero-order chi connectivity index (χ0) is 13.7. The Morgan fingerprint density at radius 3 is 2.70 bits per heavy atom. The van der Waals surface area contributed by atoms with E-state index < -0.39 is 0 Å². The summed E-state index contributed by atoms with van der Waals surface area (Å²) in [6.07, 6.45) is 4.48. The fourth-order valence-corrected chi connectivity index (χ4v) is 3.35. The van der Waals surface area contributed by atoms with Gasteiger partial charge in [0.1, 0.15) is 5.82 Å². The van der Waals surface area contributed by atoms with Crippen molar-refractivity contribution >= 4 is 16.7 Å². The van der Waals surface area contributed by atoms with Crippen molar-refractivity contribution in [3.63, 3.8) is 0 Å². The smallest absolute Gasteiger partial charge is 0.263 e. The fraction of sp³-hybridized carbons (Fsp3) is 0.400. The number of benzene rings is 1. The predicted octanol–water partition coefficient (Wildman–Crippen LogP) is 2.47. The predicted molar refractivity (Wildman–Crippen MR) is 77.0 cm³/mol. The molecule has 5 nitrogen and oxygen atoms in total. The molecule has 0 bridgehead atoms. The highest BCUT2D eigenvalue weighted by Crippen LogP contribution is 2.30. The number of fused-ring (bicyclic) bond motifs is 3. The van der Waals surface area contributed by atoms with E-state index in [0.717, 1.165) is 29.6 Å². The molecule has 1 saturated carbocycles. The number of hydrogen-bond acceptors (Lipinski definition) is 3. The minimum atomic E-state index is 0.0624. The first-order chi connectivity index (χ1) is 9.77. The molecule has 0 unspecified atom stereocenters. The number of nitrogens with zero attached hydrogens (tertiary/aromatic N) is 4. The van der Waals surface area contributed by atoms with E-state index in [9.17, 15) is 4.79 Å². The first kappa shape index (κ1) is 11.6. The summed E-state index contributed by atoms with van der Waals surface area (Å²) in [7, 11) is 0. The maximum atomic E-state index is 12.8. The van der Waals surface area contributed by atoms with E-state index in [2.05, 4.69) is 10.2 Å². The van der Waals surface area contributed by atoms with Gasteiger partial charge in [0.2, 0.25) is 5.78 Å². The van der Waals surface area contributed by atoms with Crippen molar-refractivity contribution < 1.29 is 0 Å². The van der Waals surface area contributed by atoms with E-state index in [4.69, 9.17) is 0 Å². The molecule has 3 aromatic rings. The molecule has 1 aromatic carbocycles. The average Bonchev–Trinajstić information content (AvgIpc) is 3.10. The van der Waals surface area contributed by atoms with Crippen LogP contribution in [0, 0.1) is 6.92 Å². The molecule has 0 spiro atoms. The van der Waals surface area contributed by atoms with Gasteiger partial charge in [-0.2, -0.15) is 0 Å². The summed E-state index contributed by atoms with van der Waals surface area (Å²) in [5.41, 5.74) is 0.955. The monoisotopic (exact) mass is 268 g/mol. The molecule has 0 N–H and O–H groups in total. The fourth-order valence-electron chi connectivity index (χ4n) is 3.35. The average molecular weight is 268 g/mol. The van der Waals surface area contributed by atoms with E-state index in [0.29, 0.717) is 5.78 Å². The molecule has 5 heteroatoms. The van der Waals surface area contributed by atoms with Gasteiger partial charge in [-0.05, 0) is 31.9 Å². The quantitative estimate of drug-likeness (QED) is 0.681. The number of aromatic nitrogens is 4. The Morgan fingerprint density at radius 2 is 1.90 bits per heavy atom. The van der Waals surface area contributed by atoms with Crippen molar-refractivity contribution in [1.29, 1.82) is 0 Å². The molecule has 0 atom stereocenters. The van der Waals surface area contributed by atoms with E-state index in [1.165, 1.54) is 12.8 Å². The number of rotatable bonds is 1. The van der Waals surface area contributed by atoms with E-state index in [1.807, 2.05) is 40.2 Å². The summed E-state index contributed by atoms with van der Waals surface area (Å²) in [5.74, 6) is 1.50. The van der Waals surface area contributed by atoms with Crippen LogP contribution in [0.5, 0.6) is 0 Å². The maximum Gasteiger partial charge on any atom is 0.263 e. The summed E-state index contributed by atoms with van der Waals surface area (Å²) < 4.78 is 3.85. The van der Waals surface area contributed by atoms with Crippen molar-refractivity contribution in [2.45, 2.75) is 38.6 Å². The van der Waals surface area contributed by atoms with Crippen LogP contribution in [-0.4, -0.2) is 19.2 Å². The van der Waals surface area contributed by atoms with Gasteiger partial charge in [0.25, 0.3) is 5.56 Å². The molecule has 0 radical (unpaired) electrons. The number of aryl methyl sites for hydroxylation is 1. The van der Waals surface area contributed by atoms with Crippen LogP contribution >= 0.6 is 0 Å². The van der Waals surface area contributed by atoms with Crippen LogP contribution < -0.4 is 5.56 Å². The van der Waals surface area contributed by atoms with Crippen molar-refractivity contribution in [1.82, 2.24) is 19.2 Å². The minimum Gasteiger partial charge on any atom is -0.273 e. The van der Waals surface area contributed by atoms with Crippen LogP contribution in [0.25, 0.3) is 16.7 Å². The number of para-hydroxylation sites is 1. The van der Waals surface area contributed by atoms with Crippen LogP contribution in [0.3, 0.4) is 0 Å². The Bertz CT molecular complexity index is 855. The topological polar surface area (TPSA) is 52.2 Å². The third-order valence-corrected chi connectivity index (χ3v) is 4.31. The highest BCUT2D eigenvalue weighted by Gasteiger charge is 2.23. The van der Waals surface area contributed by atoms with Crippen molar-refractivity contribution in [2.75, 3.05) is 0 Å². The molecule has 2 aromatic heterocycles. The molecule has 20 heavy (non-hydrogen) atoms. The molecule has 2 heterocycles. The summed E-state index contributed by atoms with van der Waals surface area (Å²) in [6.45, 7) is 1.93. The lowest BCUT2D eigenvalue weighted by molar-refractivity contribution is 0.511. The van der Waals surface area contributed by atoms with Crippen LogP contribution in [0.2, 0.25) is 0 Å². The lowest BCUT2D eigenvalue weighted by atomic mass is 10.2. The molecular weight excluding hydrogens is 252 g/mol. The molecule has 0 aliphatic heterocycles. The van der Waals surface area contributed by atoms with E-state index in [1.54, 1.807) is 0 Å². The van der Waals surface area contributed by atoms with Gasteiger partial charge >= 0.3 is 0 Å². The van der Waals surface area contributed by atoms with Crippen molar-refractivity contribution in [3.05, 3.63) is 40.4 Å². The number of hydrogen-bond donors (Lipinski definition) is 0. The lowest BCUT2D eigenvalue weighted by Crippen LogP contribution is -2.26. The van der Waals surface area contributed by atoms with Gasteiger partial charge in [-0.25, -0.2) is 0 Å². The van der Waals surface area contributed by atoms with Crippen molar-refractivity contribution in [2.24, 2.45) is 0 Å². The second-order valence-corrected chi connectivity index (χ2v) is 5.51. The highest BCUT2D eigenvalue weighted by atomic mass is 16.1. The van der Waals surface area contributed by atoms with Crippen LogP contribution in [0.1, 0.15) is 37.5 Å². The Balaban J connectivity index is 2.20. The van der Waals surface area contributed by atoms with Gasteiger partial charge in [-0.3, -0.25) is 13.8 Å². The van der Waals surface area contributed by atoms with Crippen LogP contribution in [-0.2, 0) is 0 Å². The third kappa shape index (κ3) is 1.46. The zero-order valence-electron chi connectivity index (χ0n) is 11.4. The standard InChI is InChI=1S/C15H16N4O/c1-10-16-17-15-18(10)13-9-5-4-8-12(13)14(20)19(15)11-6-2-3-7-11/h4-5,8-9,11H,2-3,6-7H2,1H3. The molecule has 1 fully saturated rings. The first-order valence-corrected chi connectivity index (χ1v) is 7.12. The molecule has 1 aliphatic carbocycles. The largest absolute Gasteiger partial charge is 0.273 e. The van der Waals surface area contributed by atoms with Gasteiger partial charge < -0.3 is 0 Å². The molecule has 0 saturated heterocycles. The normalized spacial score (nSPS) is 16.4. The van der Waals surface area contributed by atoms with Gasteiger partial charge in [-0.1, -0.05) is 25.0 Å². The summed E-state index contributed by atoms with van der Waals surface area (Å²) in [4.78, 5) is 12.8. The summed E-state index contributed by atoms with van der Waals surface area (Å²) in [6, 6.07) is 7.97. The van der Waals surface area contributed by atoms with Crippen LogP contribution in [0.15, 0.2) is 29.1 Å². The highest BCUT2D eigenvalue weighted by molar-refractivity contribution is 5.80. The molecule has 4 rings (SSSR count). The Kier molecular flexibility index (Phi) is 2.42. The van der Waals surface area contributed by atoms with Gasteiger partial charge in [0.05, 0.1) is 10.9 Å². The molecule has 1 aliphatic rings. The SMILES string of the molecule is Cc1nnc2n(C3CCCC3)c(=O)c3ccccc3n12. The second-order valence-electron chi connectivity index (χ2n) is 5.51. The third-order valence-electron chi connectivity index (χ3n) is 4.31. The van der Waals surface area contributed by atoms with E-state index >= 15 is 0 Å². The minimum absolute atomic E-state index is 0.0624. The van der Waals surface area contributed by atoms with Crippen molar-refractivity contribution in [3.8, 4) is 0 Å². The Hall–Kier alpha value is -2.17. The second kappa shape index (κ2) is 4.16. The van der Waals surface area contributed by atoms with Gasteiger partial charge in [0, 0.05) is 6.04 Å². The molecular formula is C15H16N4O. The van der Waals surface area contributed by atoms with Crippen LogP contribution in [0.4, 0.5) is 0 Å². The first-order valence-electron chi connectivity index (χ1n) is 7.12. The van der Waals surface area contributed by atoms with Gasteiger partial charge in [-0.15, -0.1) is 10.2 Å². The Labute approximate surface area is 115 Å². The Morgan fingerprint density at radius 1 is 1.15 bits per heavy atom. The zero-order valence-corrected chi connectivity index (χ0v) is 11.4. The molecule has 0 amide bonds. The summed E-state index contributed by atoms with van der Waals surface area (Å²) >= 11 is 0. The van der Waals surface area contributed by atoms with Gasteiger partial charge in [0.15, 0.2) is 0 Å². The van der Waals surface area contributed by atoms with E-state index in [-0.39, 0.29) is 11.6 Å². The summed E-state index contributed by atoms with van der Waals surface area (Å²) in [5, 5.41) is 9.17.